The first kappa shape index (κ1) is 24.2. The second-order valence-electron chi connectivity index (χ2n) is 7.97. The van der Waals surface area contributed by atoms with Gasteiger partial charge < -0.3 is 20.1 Å². The zero-order chi connectivity index (χ0) is 22.6. The van der Waals surface area contributed by atoms with Crippen molar-refractivity contribution in [3.05, 3.63) is 52.2 Å². The molecule has 1 fully saturated rings. The Morgan fingerprint density at radius 3 is 2.84 bits per heavy atom. The minimum Gasteiger partial charge on any atom is -0.492 e. The predicted octanol–water partition coefficient (Wildman–Crippen LogP) is 3.06. The lowest BCUT2D eigenvalue weighted by atomic mass is 10.1. The lowest BCUT2D eigenvalue weighted by Crippen LogP contribution is -2.38. The van der Waals surface area contributed by atoms with Gasteiger partial charge in [0.1, 0.15) is 12.4 Å². The number of rotatable bonds is 12. The highest BCUT2D eigenvalue weighted by atomic mass is 32.1. The first-order valence-corrected chi connectivity index (χ1v) is 12.1. The number of nitrogens with one attached hydrogen (secondary N) is 2. The van der Waals surface area contributed by atoms with Crippen molar-refractivity contribution < 1.29 is 19.1 Å². The van der Waals surface area contributed by atoms with Crippen molar-refractivity contribution in [1.82, 2.24) is 15.5 Å². The van der Waals surface area contributed by atoms with Crippen molar-refractivity contribution in [2.75, 3.05) is 40.0 Å². The van der Waals surface area contributed by atoms with Crippen molar-refractivity contribution in [1.29, 1.82) is 0 Å². The molecule has 174 valence electrons. The molecule has 0 unspecified atom stereocenters. The van der Waals surface area contributed by atoms with Crippen LogP contribution in [0.25, 0.3) is 0 Å². The SMILES string of the molecule is CN(CCOc1cccc(CNC(=O)CCCNC(=O)c2ccsc2)c1)C1CCOCC1. The monoisotopic (exact) mass is 459 g/mol. The quantitative estimate of drug-likeness (QED) is 0.477. The molecule has 1 aromatic carbocycles. The molecule has 1 aliphatic heterocycles. The van der Waals surface area contributed by atoms with E-state index in [1.807, 2.05) is 35.0 Å². The Kier molecular flexibility index (Phi) is 9.99. The molecule has 8 heteroatoms. The van der Waals surface area contributed by atoms with E-state index in [4.69, 9.17) is 9.47 Å². The van der Waals surface area contributed by atoms with Gasteiger partial charge in [-0.25, -0.2) is 0 Å². The van der Waals surface area contributed by atoms with E-state index in [9.17, 15) is 9.59 Å². The van der Waals surface area contributed by atoms with Gasteiger partial charge in [0, 0.05) is 56.3 Å². The Balaban J connectivity index is 1.30. The number of likely N-dealkylation sites (N-methyl/N-ethyl adjacent to an activating group) is 1. The van der Waals surface area contributed by atoms with Crippen LogP contribution >= 0.6 is 11.3 Å². The van der Waals surface area contributed by atoms with Gasteiger partial charge in [0.2, 0.25) is 5.91 Å². The van der Waals surface area contributed by atoms with E-state index in [0.29, 0.717) is 44.1 Å². The molecule has 0 spiro atoms. The number of hydrogen-bond donors (Lipinski definition) is 2. The topological polar surface area (TPSA) is 79.9 Å². The molecular weight excluding hydrogens is 426 g/mol. The molecular formula is C24H33N3O4S. The van der Waals surface area contributed by atoms with Crippen LogP contribution in [-0.4, -0.2) is 62.7 Å². The summed E-state index contributed by atoms with van der Waals surface area (Å²) < 4.78 is 11.3. The fourth-order valence-electron chi connectivity index (χ4n) is 3.60. The van der Waals surface area contributed by atoms with E-state index >= 15 is 0 Å². The first-order valence-electron chi connectivity index (χ1n) is 11.2. The summed E-state index contributed by atoms with van der Waals surface area (Å²) in [6, 6.07) is 10.2. The van der Waals surface area contributed by atoms with Gasteiger partial charge in [0.05, 0.1) is 0 Å². The van der Waals surface area contributed by atoms with Crippen LogP contribution in [-0.2, 0) is 16.1 Å². The average molecular weight is 460 g/mol. The molecule has 2 heterocycles. The summed E-state index contributed by atoms with van der Waals surface area (Å²) in [7, 11) is 2.14. The third-order valence-electron chi connectivity index (χ3n) is 5.56. The number of benzene rings is 1. The fraction of sp³-hybridized carbons (Fsp3) is 0.500. The van der Waals surface area contributed by atoms with Gasteiger partial charge in [0.25, 0.3) is 5.91 Å². The van der Waals surface area contributed by atoms with E-state index in [0.717, 1.165) is 43.9 Å². The smallest absolute Gasteiger partial charge is 0.252 e. The van der Waals surface area contributed by atoms with Gasteiger partial charge in [-0.05, 0) is 55.5 Å². The third-order valence-corrected chi connectivity index (χ3v) is 6.25. The van der Waals surface area contributed by atoms with Crippen LogP contribution in [0, 0.1) is 0 Å². The summed E-state index contributed by atoms with van der Waals surface area (Å²) in [5, 5.41) is 9.44. The maximum atomic E-state index is 12.1. The second kappa shape index (κ2) is 13.2. The molecule has 32 heavy (non-hydrogen) atoms. The Hall–Kier alpha value is -2.42. The summed E-state index contributed by atoms with van der Waals surface area (Å²) in [5.41, 5.74) is 1.66. The van der Waals surface area contributed by atoms with Crippen molar-refractivity contribution in [3.63, 3.8) is 0 Å². The van der Waals surface area contributed by atoms with E-state index in [-0.39, 0.29) is 11.8 Å². The van der Waals surface area contributed by atoms with Crippen LogP contribution < -0.4 is 15.4 Å². The Labute approximate surface area is 194 Å². The van der Waals surface area contributed by atoms with E-state index < -0.39 is 0 Å². The molecule has 7 nitrogen and oxygen atoms in total. The molecule has 1 aromatic heterocycles. The van der Waals surface area contributed by atoms with Crippen LogP contribution in [0.4, 0.5) is 0 Å². The highest BCUT2D eigenvalue weighted by Crippen LogP contribution is 2.15. The standard InChI is InChI=1S/C24H33N3O4S/c1-27(21-7-12-30-13-8-21)11-14-31-22-5-2-4-19(16-22)17-26-23(28)6-3-10-25-24(29)20-9-15-32-18-20/h2,4-5,9,15-16,18,21H,3,6-8,10-14,17H2,1H3,(H,25,29)(H,26,28). The van der Waals surface area contributed by atoms with Gasteiger partial charge in [-0.2, -0.15) is 11.3 Å². The van der Waals surface area contributed by atoms with Crippen LogP contribution in [0.15, 0.2) is 41.1 Å². The van der Waals surface area contributed by atoms with Crippen molar-refractivity contribution in [2.45, 2.75) is 38.3 Å². The Morgan fingerprint density at radius 2 is 2.06 bits per heavy atom. The molecule has 0 radical (unpaired) electrons. The molecule has 2 aromatic rings. The highest BCUT2D eigenvalue weighted by Gasteiger charge is 2.18. The number of amides is 2. The molecule has 2 N–H and O–H groups in total. The van der Waals surface area contributed by atoms with Crippen LogP contribution in [0.2, 0.25) is 0 Å². The van der Waals surface area contributed by atoms with E-state index in [2.05, 4.69) is 22.6 Å². The molecule has 0 saturated carbocycles. The van der Waals surface area contributed by atoms with Crippen LogP contribution in [0.3, 0.4) is 0 Å². The predicted molar refractivity (Wildman–Crippen MR) is 126 cm³/mol. The minimum atomic E-state index is -0.0950. The molecule has 0 bridgehead atoms. The third kappa shape index (κ3) is 8.26. The minimum absolute atomic E-state index is 0.0285. The van der Waals surface area contributed by atoms with Gasteiger partial charge in [-0.3, -0.25) is 14.5 Å². The highest BCUT2D eigenvalue weighted by molar-refractivity contribution is 7.08. The average Bonchev–Trinajstić information content (AvgIpc) is 3.36. The fourth-order valence-corrected chi connectivity index (χ4v) is 4.23. The lowest BCUT2D eigenvalue weighted by Gasteiger charge is -2.31. The van der Waals surface area contributed by atoms with Crippen molar-refractivity contribution in [3.8, 4) is 5.75 Å². The number of hydrogen-bond acceptors (Lipinski definition) is 6. The number of ether oxygens (including phenoxy) is 2. The zero-order valence-corrected chi connectivity index (χ0v) is 19.5. The maximum Gasteiger partial charge on any atom is 0.252 e. The first-order chi connectivity index (χ1) is 15.6. The number of carbonyl (C=O) groups is 2. The molecule has 0 aliphatic carbocycles. The number of carbonyl (C=O) groups excluding carboxylic acids is 2. The summed E-state index contributed by atoms with van der Waals surface area (Å²) >= 11 is 1.49. The lowest BCUT2D eigenvalue weighted by molar-refractivity contribution is -0.121. The summed E-state index contributed by atoms with van der Waals surface area (Å²) in [6.07, 6.45) is 3.13. The number of thiophene rings is 1. The number of nitrogens with zero attached hydrogens (tertiary/aromatic N) is 1. The zero-order valence-electron chi connectivity index (χ0n) is 18.7. The van der Waals surface area contributed by atoms with Gasteiger partial charge in [-0.1, -0.05) is 12.1 Å². The van der Waals surface area contributed by atoms with Gasteiger partial charge in [0.15, 0.2) is 0 Å². The summed E-state index contributed by atoms with van der Waals surface area (Å²) in [4.78, 5) is 26.3. The molecule has 2 amide bonds. The molecule has 1 saturated heterocycles. The van der Waals surface area contributed by atoms with Crippen LogP contribution in [0.1, 0.15) is 41.6 Å². The van der Waals surface area contributed by atoms with Crippen LogP contribution in [0.5, 0.6) is 5.75 Å². The normalized spacial score (nSPS) is 14.3. The largest absolute Gasteiger partial charge is 0.492 e. The Bertz CT molecular complexity index is 838. The van der Waals surface area contributed by atoms with Gasteiger partial charge in [-0.15, -0.1) is 0 Å². The molecule has 3 rings (SSSR count). The molecule has 0 atom stereocenters. The summed E-state index contributed by atoms with van der Waals surface area (Å²) in [5.74, 6) is 0.690. The maximum absolute atomic E-state index is 12.1. The van der Waals surface area contributed by atoms with E-state index in [1.54, 1.807) is 6.07 Å². The Morgan fingerprint density at radius 1 is 1.22 bits per heavy atom. The van der Waals surface area contributed by atoms with Crippen molar-refractivity contribution in [2.24, 2.45) is 0 Å². The van der Waals surface area contributed by atoms with Gasteiger partial charge >= 0.3 is 0 Å². The summed E-state index contributed by atoms with van der Waals surface area (Å²) in [6.45, 7) is 4.11. The second-order valence-corrected chi connectivity index (χ2v) is 8.75. The van der Waals surface area contributed by atoms with E-state index in [1.165, 1.54) is 11.3 Å². The molecule has 1 aliphatic rings. The van der Waals surface area contributed by atoms with Crippen molar-refractivity contribution >= 4 is 23.2 Å².